The molecule has 6 nitrogen and oxygen atoms in total. The molecule has 2 aromatic heterocycles. The van der Waals surface area contributed by atoms with Gasteiger partial charge in [-0.2, -0.15) is 9.57 Å². The molecule has 0 saturated heterocycles. The number of aromatic nitrogens is 2. The molecule has 0 aliphatic carbocycles. The van der Waals surface area contributed by atoms with Gasteiger partial charge in [0.1, 0.15) is 0 Å². The van der Waals surface area contributed by atoms with E-state index in [4.69, 9.17) is 5.26 Å². The van der Waals surface area contributed by atoms with E-state index in [-0.39, 0.29) is 11.4 Å². The average Bonchev–Trinajstić information content (AvgIpc) is 2.66. The Labute approximate surface area is 145 Å². The van der Waals surface area contributed by atoms with Gasteiger partial charge >= 0.3 is 0 Å². The summed E-state index contributed by atoms with van der Waals surface area (Å²) in [6.45, 7) is 0.663. The third-order valence-electron chi connectivity index (χ3n) is 4.32. The van der Waals surface area contributed by atoms with Crippen molar-refractivity contribution in [1.29, 1.82) is 5.26 Å². The van der Waals surface area contributed by atoms with E-state index < -0.39 is 10.0 Å². The first-order valence-electron chi connectivity index (χ1n) is 7.82. The van der Waals surface area contributed by atoms with Gasteiger partial charge in [-0.1, -0.05) is 0 Å². The molecule has 7 heteroatoms. The SMILES string of the molecule is N#Cc1ccc(S(=O)(=O)N2CCc3nc4ncccc4cc3C2)cc1. The summed E-state index contributed by atoms with van der Waals surface area (Å²) in [6.07, 6.45) is 2.25. The van der Waals surface area contributed by atoms with Crippen molar-refractivity contribution in [2.45, 2.75) is 17.9 Å². The predicted molar refractivity (Wildman–Crippen MR) is 92.0 cm³/mol. The van der Waals surface area contributed by atoms with Gasteiger partial charge in [0.25, 0.3) is 0 Å². The largest absolute Gasteiger partial charge is 0.243 e. The summed E-state index contributed by atoms with van der Waals surface area (Å²) >= 11 is 0. The second-order valence-corrected chi connectivity index (χ2v) is 7.81. The Balaban J connectivity index is 1.69. The molecule has 0 unspecified atom stereocenters. The summed E-state index contributed by atoms with van der Waals surface area (Å²) < 4.78 is 27.2. The fourth-order valence-electron chi connectivity index (χ4n) is 2.99. The molecule has 25 heavy (non-hydrogen) atoms. The van der Waals surface area contributed by atoms with Crippen LogP contribution in [-0.2, 0) is 23.0 Å². The van der Waals surface area contributed by atoms with Crippen molar-refractivity contribution in [2.24, 2.45) is 0 Å². The maximum Gasteiger partial charge on any atom is 0.243 e. The molecule has 0 atom stereocenters. The lowest BCUT2D eigenvalue weighted by Crippen LogP contribution is -2.36. The third-order valence-corrected chi connectivity index (χ3v) is 6.18. The topological polar surface area (TPSA) is 87.0 Å². The van der Waals surface area contributed by atoms with Crippen molar-refractivity contribution in [3.05, 3.63) is 65.5 Å². The number of sulfonamides is 1. The van der Waals surface area contributed by atoms with E-state index in [9.17, 15) is 8.42 Å². The van der Waals surface area contributed by atoms with Crippen LogP contribution in [0.15, 0.2) is 53.6 Å². The quantitative estimate of drug-likeness (QED) is 0.707. The lowest BCUT2D eigenvalue weighted by atomic mass is 10.1. The fourth-order valence-corrected chi connectivity index (χ4v) is 4.41. The Morgan fingerprint density at radius 1 is 1.16 bits per heavy atom. The van der Waals surface area contributed by atoms with Crippen molar-refractivity contribution in [3.8, 4) is 6.07 Å². The van der Waals surface area contributed by atoms with E-state index >= 15 is 0 Å². The zero-order valence-electron chi connectivity index (χ0n) is 13.3. The van der Waals surface area contributed by atoms with Gasteiger partial charge in [0, 0.05) is 36.8 Å². The highest BCUT2D eigenvalue weighted by Crippen LogP contribution is 2.26. The van der Waals surface area contributed by atoms with Crippen LogP contribution >= 0.6 is 0 Å². The second kappa shape index (κ2) is 5.92. The van der Waals surface area contributed by atoms with Gasteiger partial charge in [-0.05, 0) is 48.0 Å². The lowest BCUT2D eigenvalue weighted by molar-refractivity contribution is 0.388. The molecule has 0 saturated carbocycles. The van der Waals surface area contributed by atoms with Gasteiger partial charge in [0.15, 0.2) is 5.65 Å². The summed E-state index contributed by atoms with van der Waals surface area (Å²) in [7, 11) is -3.60. The zero-order valence-corrected chi connectivity index (χ0v) is 14.1. The van der Waals surface area contributed by atoms with Crippen LogP contribution in [0.25, 0.3) is 11.0 Å². The number of fused-ring (bicyclic) bond motifs is 2. The minimum atomic E-state index is -3.60. The van der Waals surface area contributed by atoms with Crippen molar-refractivity contribution < 1.29 is 8.42 Å². The number of pyridine rings is 2. The van der Waals surface area contributed by atoms with E-state index in [1.807, 2.05) is 24.3 Å². The van der Waals surface area contributed by atoms with E-state index in [1.54, 1.807) is 6.20 Å². The lowest BCUT2D eigenvalue weighted by Gasteiger charge is -2.27. The van der Waals surface area contributed by atoms with Crippen molar-refractivity contribution in [3.63, 3.8) is 0 Å². The van der Waals surface area contributed by atoms with E-state index in [0.717, 1.165) is 16.6 Å². The molecule has 0 N–H and O–H groups in total. The average molecular weight is 350 g/mol. The maximum absolute atomic E-state index is 12.9. The Kier molecular flexibility index (Phi) is 3.71. The van der Waals surface area contributed by atoms with Crippen molar-refractivity contribution in [1.82, 2.24) is 14.3 Å². The Morgan fingerprint density at radius 2 is 1.96 bits per heavy atom. The molecule has 1 aliphatic rings. The highest BCUT2D eigenvalue weighted by Gasteiger charge is 2.29. The van der Waals surface area contributed by atoms with Gasteiger partial charge in [-0.25, -0.2) is 18.4 Å². The monoisotopic (exact) mass is 350 g/mol. The first-order valence-corrected chi connectivity index (χ1v) is 9.26. The second-order valence-electron chi connectivity index (χ2n) is 5.87. The summed E-state index contributed by atoms with van der Waals surface area (Å²) in [5, 5.41) is 9.76. The van der Waals surface area contributed by atoms with E-state index in [1.165, 1.54) is 28.6 Å². The zero-order chi connectivity index (χ0) is 17.4. The van der Waals surface area contributed by atoms with Gasteiger partial charge in [0.2, 0.25) is 10.0 Å². The van der Waals surface area contributed by atoms with Crippen LogP contribution in [-0.4, -0.2) is 29.2 Å². The minimum Gasteiger partial charge on any atom is -0.237 e. The Bertz CT molecular complexity index is 1100. The maximum atomic E-state index is 12.9. The van der Waals surface area contributed by atoms with Crippen LogP contribution < -0.4 is 0 Å². The van der Waals surface area contributed by atoms with Crippen molar-refractivity contribution in [2.75, 3.05) is 6.54 Å². The predicted octanol–water partition coefficient (Wildman–Crippen LogP) is 2.25. The number of nitrogens with zero attached hydrogens (tertiary/aromatic N) is 4. The molecule has 4 rings (SSSR count). The molecule has 1 aliphatic heterocycles. The highest BCUT2D eigenvalue weighted by atomic mass is 32.2. The molecule has 0 radical (unpaired) electrons. The van der Waals surface area contributed by atoms with Crippen LogP contribution in [0.1, 0.15) is 16.8 Å². The molecule has 0 spiro atoms. The third kappa shape index (κ3) is 2.76. The molecule has 0 amide bonds. The molecule has 0 fully saturated rings. The van der Waals surface area contributed by atoms with Gasteiger partial charge in [0.05, 0.1) is 16.5 Å². The van der Waals surface area contributed by atoms with Crippen LogP contribution in [0, 0.1) is 11.3 Å². The number of hydrogen-bond acceptors (Lipinski definition) is 5. The molecule has 1 aromatic carbocycles. The van der Waals surface area contributed by atoms with E-state index in [0.29, 0.717) is 24.2 Å². The molecular formula is C18H14N4O2S. The van der Waals surface area contributed by atoms with Crippen LogP contribution in [0.3, 0.4) is 0 Å². The number of nitriles is 1. The molecular weight excluding hydrogens is 336 g/mol. The molecule has 0 bridgehead atoms. The molecule has 3 heterocycles. The number of rotatable bonds is 2. The summed E-state index contributed by atoms with van der Waals surface area (Å²) in [5.74, 6) is 0. The highest BCUT2D eigenvalue weighted by molar-refractivity contribution is 7.89. The number of hydrogen-bond donors (Lipinski definition) is 0. The van der Waals surface area contributed by atoms with Gasteiger partial charge < -0.3 is 0 Å². The smallest absolute Gasteiger partial charge is 0.237 e. The van der Waals surface area contributed by atoms with Gasteiger partial charge in [-0.3, -0.25) is 0 Å². The Hall–Kier alpha value is -2.82. The molecule has 124 valence electrons. The summed E-state index contributed by atoms with van der Waals surface area (Å²) in [5.41, 5.74) is 2.93. The summed E-state index contributed by atoms with van der Waals surface area (Å²) in [6, 6.07) is 13.7. The normalized spacial score (nSPS) is 14.8. The Morgan fingerprint density at radius 3 is 2.72 bits per heavy atom. The van der Waals surface area contributed by atoms with Gasteiger partial charge in [-0.15, -0.1) is 0 Å². The first kappa shape index (κ1) is 15.7. The number of benzene rings is 1. The fraction of sp³-hybridized carbons (Fsp3) is 0.167. The minimum absolute atomic E-state index is 0.199. The van der Waals surface area contributed by atoms with Crippen LogP contribution in [0.4, 0.5) is 0 Å². The van der Waals surface area contributed by atoms with E-state index in [2.05, 4.69) is 9.97 Å². The first-order chi connectivity index (χ1) is 12.1. The van der Waals surface area contributed by atoms with Crippen molar-refractivity contribution >= 4 is 21.1 Å². The summed E-state index contributed by atoms with van der Waals surface area (Å²) in [4.78, 5) is 9.01. The molecule has 3 aromatic rings. The van der Waals surface area contributed by atoms with Crippen LogP contribution in [0.5, 0.6) is 0 Å². The van der Waals surface area contributed by atoms with Crippen LogP contribution in [0.2, 0.25) is 0 Å². The standard InChI is InChI=1S/C18H14N4O2S/c19-11-13-3-5-16(6-4-13)25(23,24)22-9-7-17-15(12-22)10-14-2-1-8-20-18(14)21-17/h1-6,8,10H,7,9,12H2.